The van der Waals surface area contributed by atoms with Crippen LogP contribution in [-0.2, 0) is 0 Å². The molecule has 0 fully saturated rings. The first-order valence-corrected chi connectivity index (χ1v) is 5.89. The van der Waals surface area contributed by atoms with Crippen molar-refractivity contribution in [1.82, 2.24) is 4.98 Å². The average Bonchev–Trinajstić information content (AvgIpc) is 2.70. The molecule has 2 aromatic heterocycles. The number of nitrogens with zero attached hydrogens (tertiary/aromatic N) is 1. The second-order valence-electron chi connectivity index (χ2n) is 3.01. The highest BCUT2D eigenvalue weighted by Gasteiger charge is 2.08. The summed E-state index contributed by atoms with van der Waals surface area (Å²) in [7, 11) is 0. The maximum Gasteiger partial charge on any atom is 0.169 e. The van der Waals surface area contributed by atoms with Crippen LogP contribution in [-0.4, -0.2) is 10.8 Å². The predicted molar refractivity (Wildman–Crippen MR) is 60.2 cm³/mol. The molecule has 2 aromatic rings. The van der Waals surface area contributed by atoms with E-state index in [1.807, 2.05) is 24.4 Å². The Labute approximate surface area is 90.2 Å². The molecule has 2 nitrogen and oxygen atoms in total. The molecular weight excluding hydrogens is 214 g/mol. The van der Waals surface area contributed by atoms with E-state index in [1.54, 1.807) is 18.3 Å². The van der Waals surface area contributed by atoms with Crippen molar-refractivity contribution in [3.05, 3.63) is 28.1 Å². The number of thiophene rings is 1. The Hall–Kier alpha value is -1.00. The van der Waals surface area contributed by atoms with Crippen LogP contribution >= 0.6 is 22.7 Å². The van der Waals surface area contributed by atoms with Crippen LogP contribution in [0.15, 0.2) is 17.5 Å². The van der Waals surface area contributed by atoms with Gasteiger partial charge in [0.25, 0.3) is 0 Å². The molecule has 0 aliphatic carbocycles. The number of carbonyl (C=O) groups excluding carboxylic acids is 1. The number of Topliss-reactive ketones (excluding diaryl/α,β-unsaturated/α-hetero) is 1. The van der Waals surface area contributed by atoms with E-state index in [0.29, 0.717) is 0 Å². The van der Waals surface area contributed by atoms with Crippen molar-refractivity contribution in [1.29, 1.82) is 0 Å². The van der Waals surface area contributed by atoms with E-state index in [1.165, 1.54) is 11.3 Å². The number of hydrogen-bond acceptors (Lipinski definition) is 4. The minimum Gasteiger partial charge on any atom is -0.294 e. The van der Waals surface area contributed by atoms with E-state index in [0.717, 1.165) is 20.5 Å². The normalized spacial score (nSPS) is 10.4. The zero-order valence-electron chi connectivity index (χ0n) is 7.90. The van der Waals surface area contributed by atoms with Crippen LogP contribution in [0.25, 0.3) is 9.88 Å². The fraction of sp³-hybridized carbons (Fsp3) is 0.200. The van der Waals surface area contributed by atoms with Gasteiger partial charge in [0.1, 0.15) is 5.01 Å². The lowest BCUT2D eigenvalue weighted by Crippen LogP contribution is -1.83. The summed E-state index contributed by atoms with van der Waals surface area (Å²) in [5, 5.41) is 3.02. The third-order valence-electron chi connectivity index (χ3n) is 1.78. The number of carbonyl (C=O) groups is 1. The quantitative estimate of drug-likeness (QED) is 0.730. The molecule has 0 amide bonds. The Balaban J connectivity index is 2.38. The molecule has 0 saturated heterocycles. The van der Waals surface area contributed by atoms with Gasteiger partial charge in [-0.2, -0.15) is 0 Å². The highest BCUT2D eigenvalue weighted by molar-refractivity contribution is 7.22. The molecule has 0 radical (unpaired) electrons. The summed E-state index contributed by atoms with van der Waals surface area (Å²) >= 11 is 3.12. The third kappa shape index (κ3) is 1.76. The van der Waals surface area contributed by atoms with E-state index in [-0.39, 0.29) is 5.78 Å². The summed E-state index contributed by atoms with van der Waals surface area (Å²) < 4.78 is 0. The lowest BCUT2D eigenvalue weighted by molar-refractivity contribution is 0.102. The maximum atomic E-state index is 11.1. The molecule has 0 unspecified atom stereocenters. The monoisotopic (exact) mass is 223 g/mol. The highest BCUT2D eigenvalue weighted by atomic mass is 32.1. The van der Waals surface area contributed by atoms with Crippen molar-refractivity contribution in [2.45, 2.75) is 13.8 Å². The average molecular weight is 223 g/mol. The van der Waals surface area contributed by atoms with Crippen LogP contribution in [0.4, 0.5) is 0 Å². The van der Waals surface area contributed by atoms with E-state index in [9.17, 15) is 4.79 Å². The second-order valence-corrected chi connectivity index (χ2v) is 4.96. The van der Waals surface area contributed by atoms with Crippen molar-refractivity contribution >= 4 is 28.5 Å². The van der Waals surface area contributed by atoms with E-state index >= 15 is 0 Å². The van der Waals surface area contributed by atoms with Crippen LogP contribution in [0, 0.1) is 6.92 Å². The molecule has 0 saturated carbocycles. The molecule has 0 spiro atoms. The highest BCUT2D eigenvalue weighted by Crippen LogP contribution is 2.30. The molecule has 4 heteroatoms. The second kappa shape index (κ2) is 3.63. The van der Waals surface area contributed by atoms with Gasteiger partial charge in [0.15, 0.2) is 5.78 Å². The molecule has 0 N–H and O–H groups in total. The zero-order chi connectivity index (χ0) is 10.1. The van der Waals surface area contributed by atoms with Gasteiger partial charge in [-0.15, -0.1) is 22.7 Å². The van der Waals surface area contributed by atoms with Crippen LogP contribution in [0.1, 0.15) is 22.3 Å². The molecule has 0 aliphatic rings. The summed E-state index contributed by atoms with van der Waals surface area (Å²) in [6.07, 6.45) is 0. The predicted octanol–water partition coefficient (Wildman–Crippen LogP) is 3.38. The van der Waals surface area contributed by atoms with Gasteiger partial charge in [-0.1, -0.05) is 0 Å². The Morgan fingerprint density at radius 1 is 1.43 bits per heavy atom. The number of hydrogen-bond donors (Lipinski definition) is 0. The van der Waals surface area contributed by atoms with E-state index in [2.05, 4.69) is 4.98 Å². The SMILES string of the molecule is CC(=O)c1ccc(-c2nc(C)cs2)s1. The molecule has 0 bridgehead atoms. The molecule has 14 heavy (non-hydrogen) atoms. The number of aryl methyl sites for hydroxylation is 1. The Morgan fingerprint density at radius 3 is 2.71 bits per heavy atom. The van der Waals surface area contributed by atoms with Crippen molar-refractivity contribution in [3.63, 3.8) is 0 Å². The summed E-state index contributed by atoms with van der Waals surface area (Å²) in [6, 6.07) is 3.82. The molecule has 2 heterocycles. The van der Waals surface area contributed by atoms with E-state index < -0.39 is 0 Å². The number of rotatable bonds is 2. The Bertz CT molecular complexity index is 470. The van der Waals surface area contributed by atoms with Gasteiger partial charge in [-0.25, -0.2) is 4.98 Å². The van der Waals surface area contributed by atoms with Crippen LogP contribution < -0.4 is 0 Å². The van der Waals surface area contributed by atoms with Crippen LogP contribution in [0.5, 0.6) is 0 Å². The minimum absolute atomic E-state index is 0.120. The van der Waals surface area contributed by atoms with Crippen molar-refractivity contribution in [3.8, 4) is 9.88 Å². The first-order valence-electron chi connectivity index (χ1n) is 4.20. The van der Waals surface area contributed by atoms with Gasteiger partial charge in [0.2, 0.25) is 0 Å². The largest absolute Gasteiger partial charge is 0.294 e. The number of aromatic nitrogens is 1. The van der Waals surface area contributed by atoms with Crippen molar-refractivity contribution in [2.75, 3.05) is 0 Å². The number of ketones is 1. The molecule has 0 atom stereocenters. The zero-order valence-corrected chi connectivity index (χ0v) is 9.54. The van der Waals surface area contributed by atoms with E-state index in [4.69, 9.17) is 0 Å². The summed E-state index contributed by atoms with van der Waals surface area (Å²) in [6.45, 7) is 3.56. The fourth-order valence-corrected chi connectivity index (χ4v) is 2.88. The fourth-order valence-electron chi connectivity index (χ4n) is 1.11. The van der Waals surface area contributed by atoms with Gasteiger partial charge in [-0.3, -0.25) is 4.79 Å². The summed E-state index contributed by atoms with van der Waals surface area (Å²) in [5.74, 6) is 0.120. The molecule has 72 valence electrons. The standard InChI is InChI=1S/C10H9NOS2/c1-6-5-13-10(11-6)9-4-3-8(14-9)7(2)12/h3-5H,1-2H3. The minimum atomic E-state index is 0.120. The van der Waals surface area contributed by atoms with Gasteiger partial charge in [0, 0.05) is 11.1 Å². The van der Waals surface area contributed by atoms with Gasteiger partial charge < -0.3 is 0 Å². The number of thiazole rings is 1. The van der Waals surface area contributed by atoms with Crippen LogP contribution in [0.3, 0.4) is 0 Å². The topological polar surface area (TPSA) is 30.0 Å². The first kappa shape index (κ1) is 9.55. The summed E-state index contributed by atoms with van der Waals surface area (Å²) in [4.78, 5) is 17.3. The molecule has 2 rings (SSSR count). The summed E-state index contributed by atoms with van der Waals surface area (Å²) in [5.41, 5.74) is 1.03. The molecule has 0 aromatic carbocycles. The smallest absolute Gasteiger partial charge is 0.169 e. The van der Waals surface area contributed by atoms with Crippen molar-refractivity contribution in [2.24, 2.45) is 0 Å². The van der Waals surface area contributed by atoms with Gasteiger partial charge in [0.05, 0.1) is 9.75 Å². The molecule has 0 aliphatic heterocycles. The third-order valence-corrected chi connectivity index (χ3v) is 4.10. The van der Waals surface area contributed by atoms with Crippen molar-refractivity contribution < 1.29 is 4.79 Å². The Morgan fingerprint density at radius 2 is 2.21 bits per heavy atom. The van der Waals surface area contributed by atoms with Gasteiger partial charge >= 0.3 is 0 Å². The van der Waals surface area contributed by atoms with Crippen LogP contribution in [0.2, 0.25) is 0 Å². The molecular formula is C10H9NOS2. The Kier molecular flexibility index (Phi) is 2.48. The van der Waals surface area contributed by atoms with Gasteiger partial charge in [-0.05, 0) is 26.0 Å². The lowest BCUT2D eigenvalue weighted by atomic mass is 10.3. The maximum absolute atomic E-state index is 11.1. The lowest BCUT2D eigenvalue weighted by Gasteiger charge is -1.87. The first-order chi connectivity index (χ1) is 6.66.